The van der Waals surface area contributed by atoms with Gasteiger partial charge in [0.15, 0.2) is 0 Å². The van der Waals surface area contributed by atoms with E-state index in [1.54, 1.807) is 53.4 Å². The molecule has 1 N–H and O–H groups in total. The second-order valence-corrected chi connectivity index (χ2v) is 9.34. The predicted molar refractivity (Wildman–Crippen MR) is 129 cm³/mol. The summed E-state index contributed by atoms with van der Waals surface area (Å²) < 4.78 is 10.7. The van der Waals surface area contributed by atoms with Gasteiger partial charge in [-0.25, -0.2) is 14.6 Å². The highest BCUT2D eigenvalue weighted by molar-refractivity contribution is 7.98. The van der Waals surface area contributed by atoms with Crippen LogP contribution in [0.5, 0.6) is 0 Å². The Kier molecular flexibility index (Phi) is 6.90. The first-order valence-corrected chi connectivity index (χ1v) is 11.9. The number of hydrogen-bond donors (Lipinski definition) is 1. The molecule has 0 saturated carbocycles. The third-order valence-corrected chi connectivity index (χ3v) is 6.52. The Hall–Kier alpha value is -3.43. The number of hydrogen-bond acceptors (Lipinski definition) is 8. The fourth-order valence-electron chi connectivity index (χ4n) is 3.18. The van der Waals surface area contributed by atoms with E-state index in [0.29, 0.717) is 27.8 Å². The van der Waals surface area contributed by atoms with Crippen LogP contribution in [0.25, 0.3) is 11.0 Å². The van der Waals surface area contributed by atoms with Crippen molar-refractivity contribution in [1.29, 1.82) is 0 Å². The molecule has 0 saturated heterocycles. The molecule has 4 rings (SSSR count). The number of carbonyl (C=O) groups is 2. The molecule has 0 radical (unpaired) electrons. The molecule has 2 heterocycles. The van der Waals surface area contributed by atoms with Crippen LogP contribution in [0.4, 0.5) is 5.69 Å². The molecular weight excluding hydrogens is 460 g/mol. The molecule has 168 valence electrons. The van der Waals surface area contributed by atoms with E-state index in [2.05, 4.69) is 10.3 Å². The van der Waals surface area contributed by atoms with Gasteiger partial charge in [-0.1, -0.05) is 0 Å². The van der Waals surface area contributed by atoms with Crippen molar-refractivity contribution in [3.63, 3.8) is 0 Å². The summed E-state index contributed by atoms with van der Waals surface area (Å²) in [4.78, 5) is 41.2. The van der Waals surface area contributed by atoms with Gasteiger partial charge in [-0.15, -0.1) is 23.1 Å². The predicted octanol–water partition coefficient (Wildman–Crippen LogP) is 5.17. The van der Waals surface area contributed by atoms with Crippen molar-refractivity contribution >= 4 is 51.6 Å². The molecule has 0 fully saturated rings. The molecule has 1 amide bonds. The lowest BCUT2D eigenvalue weighted by Gasteiger charge is -2.09. The van der Waals surface area contributed by atoms with Gasteiger partial charge >= 0.3 is 11.6 Å². The van der Waals surface area contributed by atoms with Crippen LogP contribution in [0.15, 0.2) is 68.0 Å². The third kappa shape index (κ3) is 5.88. The summed E-state index contributed by atoms with van der Waals surface area (Å²) in [7, 11) is 0. The number of benzene rings is 2. The number of thiazole rings is 1. The van der Waals surface area contributed by atoms with E-state index in [9.17, 15) is 14.4 Å². The molecule has 4 aromatic rings. The lowest BCUT2D eigenvalue weighted by molar-refractivity contribution is -0.114. The zero-order valence-corrected chi connectivity index (χ0v) is 19.5. The largest absolute Gasteiger partial charge is 0.457 e. The first-order chi connectivity index (χ1) is 15.9. The standard InChI is InChI=1S/C24H20N2O5S2/c1-14(27)25-18-5-8-21-17(9-23(28)31-22(21)10-18)11-30-24(29)16-3-6-20(7-4-16)33-13-19-12-32-15(2)26-19/h3-10,12H,11,13H2,1-2H3,(H,25,27). The zero-order chi connectivity index (χ0) is 23.4. The SMILES string of the molecule is CC(=O)Nc1ccc2c(COC(=O)c3ccc(SCc4csc(C)n4)cc3)cc(=O)oc2c1. The van der Waals surface area contributed by atoms with E-state index in [1.807, 2.05) is 24.4 Å². The second-order valence-electron chi connectivity index (χ2n) is 7.23. The zero-order valence-electron chi connectivity index (χ0n) is 17.9. The Morgan fingerprint density at radius 3 is 2.64 bits per heavy atom. The smallest absolute Gasteiger partial charge is 0.338 e. The number of aryl methyl sites for hydroxylation is 1. The van der Waals surface area contributed by atoms with Gasteiger partial charge in [0.05, 0.1) is 16.3 Å². The number of ether oxygens (including phenoxy) is 1. The Morgan fingerprint density at radius 1 is 1.15 bits per heavy atom. The number of anilines is 1. The van der Waals surface area contributed by atoms with Gasteiger partial charge in [-0.05, 0) is 43.3 Å². The van der Waals surface area contributed by atoms with Crippen LogP contribution < -0.4 is 10.9 Å². The number of carbonyl (C=O) groups excluding carboxylic acids is 2. The fraction of sp³-hybridized carbons (Fsp3) is 0.167. The number of amides is 1. The average Bonchev–Trinajstić information content (AvgIpc) is 3.20. The van der Waals surface area contributed by atoms with Crippen molar-refractivity contribution < 1.29 is 18.7 Å². The van der Waals surface area contributed by atoms with Crippen LogP contribution in [-0.2, 0) is 21.9 Å². The van der Waals surface area contributed by atoms with Crippen molar-refractivity contribution in [3.8, 4) is 0 Å². The monoisotopic (exact) mass is 480 g/mol. The molecule has 0 aliphatic heterocycles. The molecule has 0 spiro atoms. The Labute approximate surface area is 197 Å². The summed E-state index contributed by atoms with van der Waals surface area (Å²) in [5, 5.41) is 6.35. The highest BCUT2D eigenvalue weighted by Gasteiger charge is 2.12. The number of aromatic nitrogens is 1. The van der Waals surface area contributed by atoms with Crippen molar-refractivity contribution in [2.75, 3.05) is 5.32 Å². The van der Waals surface area contributed by atoms with Crippen molar-refractivity contribution in [2.24, 2.45) is 0 Å². The van der Waals surface area contributed by atoms with Gasteiger partial charge < -0.3 is 14.5 Å². The van der Waals surface area contributed by atoms with Gasteiger partial charge in [0.1, 0.15) is 12.2 Å². The topological polar surface area (TPSA) is 98.5 Å². The lowest BCUT2D eigenvalue weighted by Crippen LogP contribution is -2.09. The quantitative estimate of drug-likeness (QED) is 0.221. The van der Waals surface area contributed by atoms with Gasteiger partial charge in [-0.2, -0.15) is 0 Å². The minimum absolute atomic E-state index is 0.0832. The van der Waals surface area contributed by atoms with E-state index in [0.717, 1.165) is 21.3 Å². The van der Waals surface area contributed by atoms with Gasteiger partial charge in [-0.3, -0.25) is 4.79 Å². The summed E-state index contributed by atoms with van der Waals surface area (Å²) in [6.07, 6.45) is 0. The number of esters is 1. The fourth-order valence-corrected chi connectivity index (χ4v) is 4.69. The summed E-state index contributed by atoms with van der Waals surface area (Å²) in [5.74, 6) is 0.0453. The van der Waals surface area contributed by atoms with Gasteiger partial charge in [0.2, 0.25) is 5.91 Å². The van der Waals surface area contributed by atoms with E-state index in [-0.39, 0.29) is 12.5 Å². The number of rotatable bonds is 7. The number of thioether (sulfide) groups is 1. The first-order valence-electron chi connectivity index (χ1n) is 10.0. The van der Waals surface area contributed by atoms with Crippen LogP contribution in [0, 0.1) is 6.92 Å². The number of nitrogens with one attached hydrogen (secondary N) is 1. The van der Waals surface area contributed by atoms with Crippen molar-refractivity contribution in [2.45, 2.75) is 31.1 Å². The van der Waals surface area contributed by atoms with Crippen LogP contribution in [0.3, 0.4) is 0 Å². The molecule has 0 bridgehead atoms. The average molecular weight is 481 g/mol. The van der Waals surface area contributed by atoms with E-state index in [4.69, 9.17) is 9.15 Å². The van der Waals surface area contributed by atoms with Crippen molar-refractivity contribution in [3.05, 3.63) is 86.2 Å². The van der Waals surface area contributed by atoms with Crippen LogP contribution in [-0.4, -0.2) is 16.9 Å². The molecular formula is C24H20N2O5S2. The first kappa shape index (κ1) is 22.8. The number of nitrogens with zero attached hydrogens (tertiary/aromatic N) is 1. The van der Waals surface area contributed by atoms with Gasteiger partial charge in [0.25, 0.3) is 0 Å². The maximum Gasteiger partial charge on any atom is 0.338 e. The summed E-state index contributed by atoms with van der Waals surface area (Å²) >= 11 is 3.27. The highest BCUT2D eigenvalue weighted by atomic mass is 32.2. The lowest BCUT2D eigenvalue weighted by atomic mass is 10.1. The maximum atomic E-state index is 12.5. The van der Waals surface area contributed by atoms with Crippen molar-refractivity contribution in [1.82, 2.24) is 4.98 Å². The Bertz CT molecular complexity index is 1380. The molecule has 0 aliphatic carbocycles. The molecule has 2 aromatic carbocycles. The summed E-state index contributed by atoms with van der Waals surface area (Å²) in [6, 6.07) is 13.4. The van der Waals surface area contributed by atoms with E-state index in [1.165, 1.54) is 13.0 Å². The highest BCUT2D eigenvalue weighted by Crippen LogP contribution is 2.25. The normalized spacial score (nSPS) is 10.8. The minimum Gasteiger partial charge on any atom is -0.457 e. The van der Waals surface area contributed by atoms with Crippen LogP contribution >= 0.6 is 23.1 Å². The van der Waals surface area contributed by atoms with Crippen LogP contribution in [0.2, 0.25) is 0 Å². The second kappa shape index (κ2) is 10.0. The summed E-state index contributed by atoms with van der Waals surface area (Å²) in [5.41, 5.74) is 2.23. The third-order valence-electron chi connectivity index (χ3n) is 4.65. The molecule has 9 heteroatoms. The Morgan fingerprint density at radius 2 is 1.94 bits per heavy atom. The minimum atomic E-state index is -0.565. The maximum absolute atomic E-state index is 12.5. The number of fused-ring (bicyclic) bond motifs is 1. The Balaban J connectivity index is 1.41. The molecule has 7 nitrogen and oxygen atoms in total. The molecule has 0 aliphatic rings. The van der Waals surface area contributed by atoms with Crippen LogP contribution in [0.1, 0.15) is 33.5 Å². The molecule has 0 unspecified atom stereocenters. The van der Waals surface area contributed by atoms with Gasteiger partial charge in [0, 0.05) is 51.7 Å². The van der Waals surface area contributed by atoms with E-state index < -0.39 is 11.6 Å². The molecule has 0 atom stereocenters. The molecule has 2 aromatic heterocycles. The summed E-state index contributed by atoms with van der Waals surface area (Å²) in [6.45, 7) is 3.29. The van der Waals surface area contributed by atoms with E-state index >= 15 is 0 Å². The molecule has 33 heavy (non-hydrogen) atoms.